The van der Waals surface area contributed by atoms with Gasteiger partial charge < -0.3 is 18.9 Å². The van der Waals surface area contributed by atoms with Crippen LogP contribution in [0.4, 0.5) is 6.01 Å². The maximum Gasteiger partial charge on any atom is 0.315 e. The maximum absolute atomic E-state index is 5.48. The minimum Gasteiger partial charge on any atom is -0.462 e. The van der Waals surface area contributed by atoms with Crippen molar-refractivity contribution in [3.8, 4) is 0 Å². The zero-order chi connectivity index (χ0) is 11.4. The number of rotatable bonds is 5. The summed E-state index contributed by atoms with van der Waals surface area (Å²) in [5, 5.41) is 10.5. The predicted molar refractivity (Wildman–Crippen MR) is 55.8 cm³/mol. The van der Waals surface area contributed by atoms with E-state index >= 15 is 0 Å². The Balaban J connectivity index is 1.89. The van der Waals surface area contributed by atoms with Crippen LogP contribution >= 0.6 is 0 Å². The molecule has 2 rings (SSSR count). The van der Waals surface area contributed by atoms with Gasteiger partial charge in [-0.1, -0.05) is 5.10 Å². The van der Waals surface area contributed by atoms with Gasteiger partial charge in [0.05, 0.1) is 6.54 Å². The second kappa shape index (κ2) is 4.80. The molecule has 2 heterocycles. The second-order valence-electron chi connectivity index (χ2n) is 3.28. The summed E-state index contributed by atoms with van der Waals surface area (Å²) in [5.41, 5.74) is 0. The normalized spacial score (nSPS) is 10.6. The fourth-order valence-electron chi connectivity index (χ4n) is 1.27. The molecule has 0 radical (unpaired) electrons. The van der Waals surface area contributed by atoms with Gasteiger partial charge >= 0.3 is 6.01 Å². The number of furan rings is 1. The van der Waals surface area contributed by atoms with Crippen LogP contribution in [0.5, 0.6) is 0 Å². The van der Waals surface area contributed by atoms with Gasteiger partial charge in [0.1, 0.15) is 18.1 Å². The van der Waals surface area contributed by atoms with Gasteiger partial charge in [0, 0.05) is 14.0 Å². The molecular weight excluding hydrogens is 210 g/mol. The summed E-state index contributed by atoms with van der Waals surface area (Å²) in [7, 11) is 1.63. The zero-order valence-electron chi connectivity index (χ0n) is 9.19. The van der Waals surface area contributed by atoms with Crippen LogP contribution in [0.1, 0.15) is 17.4 Å². The number of aryl methyl sites for hydroxylation is 1. The monoisotopic (exact) mass is 223 g/mol. The smallest absolute Gasteiger partial charge is 0.315 e. The number of methoxy groups -OCH3 is 1. The molecule has 0 aromatic carbocycles. The van der Waals surface area contributed by atoms with Crippen LogP contribution in [-0.2, 0) is 17.9 Å². The van der Waals surface area contributed by atoms with Crippen LogP contribution in [0.25, 0.3) is 0 Å². The van der Waals surface area contributed by atoms with Gasteiger partial charge in [-0.25, -0.2) is 0 Å². The molecule has 16 heavy (non-hydrogen) atoms. The number of hydrogen-bond donors (Lipinski definition) is 1. The van der Waals surface area contributed by atoms with E-state index < -0.39 is 0 Å². The Bertz CT molecular complexity index is 450. The van der Waals surface area contributed by atoms with Crippen LogP contribution in [0.2, 0.25) is 0 Å². The van der Waals surface area contributed by atoms with Crippen molar-refractivity contribution in [1.29, 1.82) is 0 Å². The summed E-state index contributed by atoms with van der Waals surface area (Å²) >= 11 is 0. The lowest BCUT2D eigenvalue weighted by Crippen LogP contribution is -1.98. The minimum atomic E-state index is 0.391. The lowest BCUT2D eigenvalue weighted by Gasteiger charge is -1.97. The Labute approximate surface area is 92.6 Å². The molecule has 0 fully saturated rings. The number of ether oxygens (including phenoxy) is 1. The van der Waals surface area contributed by atoms with E-state index in [0.717, 1.165) is 11.5 Å². The van der Waals surface area contributed by atoms with Crippen molar-refractivity contribution in [1.82, 2.24) is 10.2 Å². The van der Waals surface area contributed by atoms with Crippen molar-refractivity contribution in [2.75, 3.05) is 12.4 Å². The maximum atomic E-state index is 5.48. The third-order valence-corrected chi connectivity index (χ3v) is 1.94. The molecule has 86 valence electrons. The second-order valence-corrected chi connectivity index (χ2v) is 3.28. The summed E-state index contributed by atoms with van der Waals surface area (Å²) in [6.07, 6.45) is 0. The summed E-state index contributed by atoms with van der Waals surface area (Å²) in [6.45, 7) is 2.72. The molecule has 2 aromatic rings. The van der Waals surface area contributed by atoms with Crippen LogP contribution in [0.3, 0.4) is 0 Å². The van der Waals surface area contributed by atoms with Crippen LogP contribution in [0.15, 0.2) is 21.0 Å². The fraction of sp³-hybridized carbons (Fsp3) is 0.400. The van der Waals surface area contributed by atoms with Crippen LogP contribution in [0, 0.1) is 6.92 Å². The third-order valence-electron chi connectivity index (χ3n) is 1.94. The molecule has 2 aromatic heterocycles. The third kappa shape index (κ3) is 2.60. The molecule has 0 aliphatic rings. The highest BCUT2D eigenvalue weighted by molar-refractivity contribution is 5.19. The van der Waals surface area contributed by atoms with E-state index in [4.69, 9.17) is 13.6 Å². The lowest BCUT2D eigenvalue weighted by molar-refractivity contribution is 0.163. The van der Waals surface area contributed by atoms with Gasteiger partial charge in [0.15, 0.2) is 0 Å². The van der Waals surface area contributed by atoms with Crippen molar-refractivity contribution in [2.24, 2.45) is 0 Å². The van der Waals surface area contributed by atoms with Crippen molar-refractivity contribution in [3.63, 3.8) is 0 Å². The van der Waals surface area contributed by atoms with Crippen molar-refractivity contribution in [3.05, 3.63) is 29.5 Å². The fourth-order valence-corrected chi connectivity index (χ4v) is 1.27. The number of aromatic nitrogens is 2. The average Bonchev–Trinajstić information content (AvgIpc) is 2.85. The van der Waals surface area contributed by atoms with Gasteiger partial charge in [0.2, 0.25) is 5.89 Å². The van der Waals surface area contributed by atoms with E-state index in [-0.39, 0.29) is 0 Å². The summed E-state index contributed by atoms with van der Waals surface area (Å²) in [4.78, 5) is 0. The number of hydrogen-bond acceptors (Lipinski definition) is 6. The Kier molecular flexibility index (Phi) is 3.21. The first-order chi connectivity index (χ1) is 7.78. The molecule has 0 spiro atoms. The van der Waals surface area contributed by atoms with Gasteiger partial charge in [-0.3, -0.25) is 0 Å². The Hall–Kier alpha value is -1.82. The minimum absolute atomic E-state index is 0.391. The highest BCUT2D eigenvalue weighted by atomic mass is 16.5. The van der Waals surface area contributed by atoms with Gasteiger partial charge in [-0.05, 0) is 12.1 Å². The quantitative estimate of drug-likeness (QED) is 0.832. The molecule has 0 atom stereocenters. The SMILES string of the molecule is COCc1ccc(CNc2nnc(C)o2)o1. The van der Waals surface area contributed by atoms with E-state index in [1.165, 1.54) is 0 Å². The van der Waals surface area contributed by atoms with Gasteiger partial charge in [-0.15, -0.1) is 5.10 Å². The van der Waals surface area contributed by atoms with E-state index in [1.807, 2.05) is 12.1 Å². The molecule has 0 unspecified atom stereocenters. The lowest BCUT2D eigenvalue weighted by atomic mass is 10.4. The van der Waals surface area contributed by atoms with E-state index in [0.29, 0.717) is 25.1 Å². The zero-order valence-corrected chi connectivity index (χ0v) is 9.19. The van der Waals surface area contributed by atoms with Gasteiger partial charge in [0.25, 0.3) is 0 Å². The Morgan fingerprint density at radius 3 is 2.75 bits per heavy atom. The molecule has 6 nitrogen and oxygen atoms in total. The summed E-state index contributed by atoms with van der Waals surface area (Å²) in [6, 6.07) is 4.15. The Morgan fingerprint density at radius 2 is 2.06 bits per heavy atom. The first kappa shape index (κ1) is 10.7. The standard InChI is InChI=1S/C10H13N3O3/c1-7-12-13-10(15-7)11-5-8-3-4-9(16-8)6-14-2/h3-4H,5-6H2,1-2H3,(H,11,13). The van der Waals surface area contributed by atoms with Crippen LogP contribution in [-0.4, -0.2) is 17.3 Å². The van der Waals surface area contributed by atoms with Crippen LogP contribution < -0.4 is 5.32 Å². The topological polar surface area (TPSA) is 73.3 Å². The first-order valence-corrected chi connectivity index (χ1v) is 4.88. The van der Waals surface area contributed by atoms with E-state index in [1.54, 1.807) is 14.0 Å². The average molecular weight is 223 g/mol. The summed E-state index contributed by atoms with van der Waals surface area (Å²) < 4.78 is 15.6. The summed E-state index contributed by atoms with van der Waals surface area (Å²) in [5.74, 6) is 2.12. The molecule has 0 aliphatic carbocycles. The highest BCUT2D eigenvalue weighted by Crippen LogP contribution is 2.11. The predicted octanol–water partition coefficient (Wildman–Crippen LogP) is 1.73. The van der Waals surface area contributed by atoms with Crippen molar-refractivity contribution >= 4 is 6.01 Å². The first-order valence-electron chi connectivity index (χ1n) is 4.88. The molecule has 6 heteroatoms. The van der Waals surface area contributed by atoms with Crippen molar-refractivity contribution < 1.29 is 13.6 Å². The molecule has 0 amide bonds. The van der Waals surface area contributed by atoms with E-state index in [2.05, 4.69) is 15.5 Å². The molecule has 1 N–H and O–H groups in total. The van der Waals surface area contributed by atoms with Crippen molar-refractivity contribution in [2.45, 2.75) is 20.1 Å². The highest BCUT2D eigenvalue weighted by Gasteiger charge is 2.04. The van der Waals surface area contributed by atoms with Gasteiger partial charge in [-0.2, -0.15) is 0 Å². The van der Waals surface area contributed by atoms with E-state index in [9.17, 15) is 0 Å². The molecule has 0 bridgehead atoms. The molecular formula is C10H13N3O3. The molecule has 0 aliphatic heterocycles. The molecule has 0 saturated heterocycles. The number of nitrogens with one attached hydrogen (secondary N) is 1. The molecule has 0 saturated carbocycles. The largest absolute Gasteiger partial charge is 0.462 e. The number of nitrogens with zero attached hydrogens (tertiary/aromatic N) is 2. The number of anilines is 1. The Morgan fingerprint density at radius 1 is 1.25 bits per heavy atom.